The average molecular weight is 257 g/mol. The van der Waals surface area contributed by atoms with Crippen LogP contribution in [0.3, 0.4) is 0 Å². The Morgan fingerprint density at radius 3 is 2.81 bits per heavy atom. The zero-order valence-electron chi connectivity index (χ0n) is 9.31. The van der Waals surface area contributed by atoms with Crippen LogP contribution in [-0.2, 0) is 4.79 Å². The molecule has 2 heterocycles. The van der Waals surface area contributed by atoms with Crippen LogP contribution in [0.5, 0.6) is 0 Å². The number of thioether (sulfide) groups is 1. The summed E-state index contributed by atoms with van der Waals surface area (Å²) >= 11 is 3.21. The molecule has 0 aromatic carbocycles. The van der Waals surface area contributed by atoms with Crippen LogP contribution >= 0.6 is 23.1 Å². The van der Waals surface area contributed by atoms with Gasteiger partial charge in [0, 0.05) is 25.3 Å². The molecule has 0 atom stereocenters. The van der Waals surface area contributed by atoms with Crippen LogP contribution in [0.25, 0.3) is 0 Å². The normalized spacial score (nSPS) is 15.7. The summed E-state index contributed by atoms with van der Waals surface area (Å²) in [6.45, 7) is 3.83. The van der Waals surface area contributed by atoms with E-state index in [2.05, 4.69) is 10.2 Å². The van der Waals surface area contributed by atoms with Gasteiger partial charge < -0.3 is 4.90 Å². The second kappa shape index (κ2) is 5.63. The molecule has 0 spiro atoms. The van der Waals surface area contributed by atoms with Crippen molar-refractivity contribution < 1.29 is 4.79 Å². The Kier molecular flexibility index (Phi) is 4.17. The lowest BCUT2D eigenvalue weighted by Gasteiger charge is -2.14. The quantitative estimate of drug-likeness (QED) is 0.773. The Labute approximate surface area is 103 Å². The lowest BCUT2D eigenvalue weighted by Crippen LogP contribution is -2.27. The number of carbonyl (C=O) groups excluding carboxylic acids is 1. The van der Waals surface area contributed by atoms with Gasteiger partial charge in [0.25, 0.3) is 0 Å². The summed E-state index contributed by atoms with van der Waals surface area (Å²) in [6.07, 6.45) is 2.94. The number of hydrogen-bond acceptors (Lipinski definition) is 5. The van der Waals surface area contributed by atoms with Crippen molar-refractivity contribution in [2.24, 2.45) is 0 Å². The van der Waals surface area contributed by atoms with Gasteiger partial charge >= 0.3 is 0 Å². The predicted molar refractivity (Wildman–Crippen MR) is 65.8 cm³/mol. The summed E-state index contributed by atoms with van der Waals surface area (Å²) in [5.74, 6) is 1.09. The van der Waals surface area contributed by atoms with Crippen molar-refractivity contribution in [3.8, 4) is 0 Å². The molecule has 4 nitrogen and oxygen atoms in total. The summed E-state index contributed by atoms with van der Waals surface area (Å²) in [6, 6.07) is 0. The van der Waals surface area contributed by atoms with Crippen LogP contribution in [-0.4, -0.2) is 39.8 Å². The minimum Gasteiger partial charge on any atom is -0.343 e. The monoisotopic (exact) mass is 257 g/mol. The fourth-order valence-corrected chi connectivity index (χ4v) is 3.50. The second-order valence-electron chi connectivity index (χ2n) is 3.77. The average Bonchev–Trinajstić information content (AvgIpc) is 2.89. The van der Waals surface area contributed by atoms with Crippen molar-refractivity contribution in [3.05, 3.63) is 5.01 Å². The highest BCUT2D eigenvalue weighted by molar-refractivity contribution is 8.01. The zero-order valence-corrected chi connectivity index (χ0v) is 10.9. The van der Waals surface area contributed by atoms with E-state index in [0.29, 0.717) is 6.42 Å². The van der Waals surface area contributed by atoms with Crippen LogP contribution in [0.4, 0.5) is 0 Å². The lowest BCUT2D eigenvalue weighted by atomic mass is 10.4. The van der Waals surface area contributed by atoms with Gasteiger partial charge in [0.1, 0.15) is 5.01 Å². The molecule has 6 heteroatoms. The number of nitrogens with zero attached hydrogens (tertiary/aromatic N) is 3. The summed E-state index contributed by atoms with van der Waals surface area (Å²) in [7, 11) is 0. The molecule has 1 amide bonds. The first kappa shape index (κ1) is 11.9. The third-order valence-corrected chi connectivity index (χ3v) is 4.48. The van der Waals surface area contributed by atoms with Gasteiger partial charge in [0.05, 0.1) is 0 Å². The predicted octanol–water partition coefficient (Wildman–Crippen LogP) is 1.95. The first-order chi connectivity index (χ1) is 7.75. The van der Waals surface area contributed by atoms with Crippen molar-refractivity contribution in [2.45, 2.75) is 30.5 Å². The molecule has 0 aliphatic carbocycles. The van der Waals surface area contributed by atoms with E-state index in [0.717, 1.165) is 41.0 Å². The van der Waals surface area contributed by atoms with Crippen molar-refractivity contribution >= 4 is 29.0 Å². The van der Waals surface area contributed by atoms with Gasteiger partial charge in [-0.25, -0.2) is 0 Å². The first-order valence-electron chi connectivity index (χ1n) is 5.46. The van der Waals surface area contributed by atoms with Gasteiger partial charge in [0.15, 0.2) is 4.34 Å². The molecule has 1 aliphatic rings. The molecule has 1 aromatic heterocycles. The molecule has 0 bridgehead atoms. The Morgan fingerprint density at radius 1 is 1.44 bits per heavy atom. The molecule has 1 aliphatic heterocycles. The maximum absolute atomic E-state index is 11.7. The van der Waals surface area contributed by atoms with Crippen molar-refractivity contribution in [1.29, 1.82) is 0 Å². The smallest absolute Gasteiger partial charge is 0.223 e. The van der Waals surface area contributed by atoms with E-state index in [9.17, 15) is 4.79 Å². The Morgan fingerprint density at radius 2 is 2.19 bits per heavy atom. The molecule has 88 valence electrons. The molecule has 2 rings (SSSR count). The number of aromatic nitrogens is 2. The maximum Gasteiger partial charge on any atom is 0.223 e. The minimum atomic E-state index is 0.284. The molecule has 0 unspecified atom stereocenters. The van der Waals surface area contributed by atoms with Gasteiger partial charge in [-0.15, -0.1) is 10.2 Å². The molecule has 0 saturated carbocycles. The standard InChI is InChI=1S/C10H15N3OS2/c1-8-11-12-10(16-8)15-7-4-9(14)13-5-2-3-6-13/h2-7H2,1H3. The molecule has 1 fully saturated rings. The Balaban J connectivity index is 1.69. The molecular formula is C10H15N3OS2. The first-order valence-corrected chi connectivity index (χ1v) is 7.26. The van der Waals surface area contributed by atoms with Gasteiger partial charge in [-0.2, -0.15) is 0 Å². The number of amides is 1. The molecule has 1 saturated heterocycles. The number of hydrogen-bond donors (Lipinski definition) is 0. The van der Waals surface area contributed by atoms with Gasteiger partial charge in [-0.3, -0.25) is 4.79 Å². The van der Waals surface area contributed by atoms with Crippen LogP contribution in [0, 0.1) is 6.92 Å². The fraction of sp³-hybridized carbons (Fsp3) is 0.700. The van der Waals surface area contributed by atoms with Crippen LogP contribution in [0.1, 0.15) is 24.3 Å². The second-order valence-corrected chi connectivity index (χ2v) is 6.30. The van der Waals surface area contributed by atoms with E-state index in [1.165, 1.54) is 0 Å². The van der Waals surface area contributed by atoms with Crippen LogP contribution in [0.15, 0.2) is 4.34 Å². The minimum absolute atomic E-state index is 0.284. The largest absolute Gasteiger partial charge is 0.343 e. The molecule has 1 aromatic rings. The van der Waals surface area contributed by atoms with E-state index < -0.39 is 0 Å². The van der Waals surface area contributed by atoms with Gasteiger partial charge in [-0.05, 0) is 19.8 Å². The zero-order chi connectivity index (χ0) is 11.4. The fourth-order valence-electron chi connectivity index (χ4n) is 1.69. The SMILES string of the molecule is Cc1nnc(SCCC(=O)N2CCCC2)s1. The van der Waals surface area contributed by atoms with Crippen LogP contribution in [0.2, 0.25) is 0 Å². The molecular weight excluding hydrogens is 242 g/mol. The summed E-state index contributed by atoms with van der Waals surface area (Å²) in [5.41, 5.74) is 0. The summed E-state index contributed by atoms with van der Waals surface area (Å²) < 4.78 is 0.965. The maximum atomic E-state index is 11.7. The van der Waals surface area contributed by atoms with E-state index in [4.69, 9.17) is 0 Å². The third kappa shape index (κ3) is 3.18. The highest BCUT2D eigenvalue weighted by Gasteiger charge is 2.17. The Hall–Kier alpha value is -0.620. The Bertz CT molecular complexity index is 361. The molecule has 16 heavy (non-hydrogen) atoms. The van der Waals surface area contributed by atoms with E-state index >= 15 is 0 Å². The van der Waals surface area contributed by atoms with E-state index in [1.54, 1.807) is 23.1 Å². The number of aryl methyl sites for hydroxylation is 1. The third-order valence-electron chi connectivity index (χ3n) is 2.51. The highest BCUT2D eigenvalue weighted by atomic mass is 32.2. The number of likely N-dealkylation sites (tertiary alicyclic amines) is 1. The van der Waals surface area contributed by atoms with Crippen LogP contribution < -0.4 is 0 Å². The number of rotatable bonds is 4. The van der Waals surface area contributed by atoms with Gasteiger partial charge in [0.2, 0.25) is 5.91 Å². The lowest BCUT2D eigenvalue weighted by molar-refractivity contribution is -0.129. The van der Waals surface area contributed by atoms with E-state index in [1.807, 2.05) is 11.8 Å². The summed E-state index contributed by atoms with van der Waals surface area (Å²) in [4.78, 5) is 13.7. The van der Waals surface area contributed by atoms with Crippen molar-refractivity contribution in [1.82, 2.24) is 15.1 Å². The van der Waals surface area contributed by atoms with Crippen molar-refractivity contribution in [2.75, 3.05) is 18.8 Å². The van der Waals surface area contributed by atoms with Crippen molar-refractivity contribution in [3.63, 3.8) is 0 Å². The molecule has 0 radical (unpaired) electrons. The summed E-state index contributed by atoms with van der Waals surface area (Å²) in [5, 5.41) is 8.94. The highest BCUT2D eigenvalue weighted by Crippen LogP contribution is 2.22. The molecule has 0 N–H and O–H groups in total. The van der Waals surface area contributed by atoms with Gasteiger partial charge in [-0.1, -0.05) is 23.1 Å². The topological polar surface area (TPSA) is 46.1 Å². The van der Waals surface area contributed by atoms with E-state index in [-0.39, 0.29) is 5.91 Å². The number of carbonyl (C=O) groups is 1.